The van der Waals surface area contributed by atoms with Gasteiger partial charge in [-0.3, -0.25) is 0 Å². The Morgan fingerprint density at radius 1 is 0.810 bits per heavy atom. The minimum Gasteiger partial charge on any atom is -0.490 e. The second-order valence-corrected chi connectivity index (χ2v) is 5.49. The first-order valence-electron chi connectivity index (χ1n) is 8.43. The number of para-hydroxylation sites is 1. The van der Waals surface area contributed by atoms with Gasteiger partial charge in [0.25, 0.3) is 0 Å². The lowest BCUT2D eigenvalue weighted by Crippen LogP contribution is -2.05. The van der Waals surface area contributed by atoms with Gasteiger partial charge in [0.15, 0.2) is 11.5 Å². The van der Waals surface area contributed by atoms with Crippen LogP contribution in [-0.4, -0.2) is 13.2 Å². The number of ether oxygens (including phenoxy) is 2. The van der Waals surface area contributed by atoms with Crippen LogP contribution in [0.25, 0.3) is 0 Å². The standard InChI is InChI=1S/C18H31NO2/c1-3-5-7-9-14-20-17-13-11-12-16(19)18(17)21-15-10-8-6-4-2/h11-13H,3-10,14-15,19H2,1-2H3. The number of anilines is 1. The number of unbranched alkanes of at least 4 members (excludes halogenated alkanes) is 6. The molecule has 3 nitrogen and oxygen atoms in total. The highest BCUT2D eigenvalue weighted by Crippen LogP contribution is 2.33. The Morgan fingerprint density at radius 2 is 1.43 bits per heavy atom. The van der Waals surface area contributed by atoms with Crippen molar-refractivity contribution >= 4 is 5.69 Å². The lowest BCUT2D eigenvalue weighted by atomic mass is 10.2. The van der Waals surface area contributed by atoms with E-state index in [2.05, 4.69) is 13.8 Å². The first kappa shape index (κ1) is 17.7. The summed E-state index contributed by atoms with van der Waals surface area (Å²) in [7, 11) is 0. The van der Waals surface area contributed by atoms with Crippen molar-refractivity contribution in [3.8, 4) is 11.5 Å². The van der Waals surface area contributed by atoms with Crippen LogP contribution in [0.15, 0.2) is 18.2 Å². The molecule has 0 amide bonds. The van der Waals surface area contributed by atoms with E-state index in [0.29, 0.717) is 18.0 Å². The minimum atomic E-state index is 0.663. The second kappa shape index (κ2) is 11.3. The van der Waals surface area contributed by atoms with E-state index in [9.17, 15) is 0 Å². The van der Waals surface area contributed by atoms with Crippen LogP contribution in [0.3, 0.4) is 0 Å². The highest BCUT2D eigenvalue weighted by Gasteiger charge is 2.08. The Hall–Kier alpha value is -1.38. The van der Waals surface area contributed by atoms with E-state index in [1.165, 1.54) is 38.5 Å². The highest BCUT2D eigenvalue weighted by molar-refractivity contribution is 5.60. The van der Waals surface area contributed by atoms with Gasteiger partial charge in [0.1, 0.15) is 0 Å². The van der Waals surface area contributed by atoms with Crippen molar-refractivity contribution in [3.63, 3.8) is 0 Å². The molecule has 0 aromatic heterocycles. The van der Waals surface area contributed by atoms with Crippen LogP contribution in [0.2, 0.25) is 0 Å². The van der Waals surface area contributed by atoms with Gasteiger partial charge in [-0.2, -0.15) is 0 Å². The maximum absolute atomic E-state index is 6.01. The van der Waals surface area contributed by atoms with E-state index in [4.69, 9.17) is 15.2 Å². The van der Waals surface area contributed by atoms with Gasteiger partial charge in [-0.25, -0.2) is 0 Å². The van der Waals surface area contributed by atoms with Gasteiger partial charge < -0.3 is 15.2 Å². The zero-order valence-electron chi connectivity index (χ0n) is 13.7. The van der Waals surface area contributed by atoms with E-state index < -0.39 is 0 Å². The summed E-state index contributed by atoms with van der Waals surface area (Å²) in [6.07, 6.45) is 9.57. The lowest BCUT2D eigenvalue weighted by molar-refractivity contribution is 0.260. The van der Waals surface area contributed by atoms with Crippen LogP contribution in [0.5, 0.6) is 11.5 Å². The van der Waals surface area contributed by atoms with Gasteiger partial charge in [0.2, 0.25) is 0 Å². The van der Waals surface area contributed by atoms with Crippen molar-refractivity contribution in [1.29, 1.82) is 0 Å². The summed E-state index contributed by atoms with van der Waals surface area (Å²) < 4.78 is 11.7. The Labute approximate surface area is 129 Å². The van der Waals surface area contributed by atoms with Gasteiger partial charge in [-0.05, 0) is 25.0 Å². The van der Waals surface area contributed by atoms with Gasteiger partial charge in [0, 0.05) is 0 Å². The van der Waals surface area contributed by atoms with Crippen LogP contribution in [0.4, 0.5) is 5.69 Å². The molecule has 0 saturated heterocycles. The average Bonchev–Trinajstić information content (AvgIpc) is 2.49. The fraction of sp³-hybridized carbons (Fsp3) is 0.667. The van der Waals surface area contributed by atoms with Crippen LogP contribution < -0.4 is 15.2 Å². The van der Waals surface area contributed by atoms with Crippen molar-refractivity contribution in [2.45, 2.75) is 65.2 Å². The third kappa shape index (κ3) is 7.26. The second-order valence-electron chi connectivity index (χ2n) is 5.49. The predicted octanol–water partition coefficient (Wildman–Crippen LogP) is 5.19. The zero-order chi connectivity index (χ0) is 15.3. The molecule has 2 N–H and O–H groups in total. The van der Waals surface area contributed by atoms with Crippen molar-refractivity contribution in [3.05, 3.63) is 18.2 Å². The van der Waals surface area contributed by atoms with Crippen molar-refractivity contribution in [2.75, 3.05) is 18.9 Å². The molecule has 0 saturated carbocycles. The fourth-order valence-corrected chi connectivity index (χ4v) is 2.21. The fourth-order valence-electron chi connectivity index (χ4n) is 2.21. The summed E-state index contributed by atoms with van der Waals surface area (Å²) in [5, 5.41) is 0. The lowest BCUT2D eigenvalue weighted by Gasteiger charge is -2.14. The maximum atomic E-state index is 6.01. The van der Waals surface area contributed by atoms with Crippen molar-refractivity contribution in [1.82, 2.24) is 0 Å². The number of benzene rings is 1. The molecule has 0 aliphatic rings. The van der Waals surface area contributed by atoms with Gasteiger partial charge in [-0.1, -0.05) is 58.4 Å². The Bertz CT molecular complexity index is 379. The normalized spacial score (nSPS) is 10.6. The zero-order valence-corrected chi connectivity index (χ0v) is 13.7. The predicted molar refractivity (Wildman–Crippen MR) is 90.1 cm³/mol. The smallest absolute Gasteiger partial charge is 0.184 e. The van der Waals surface area contributed by atoms with E-state index in [0.717, 1.165) is 25.2 Å². The van der Waals surface area contributed by atoms with Gasteiger partial charge >= 0.3 is 0 Å². The molecule has 120 valence electrons. The first-order valence-corrected chi connectivity index (χ1v) is 8.43. The van der Waals surface area contributed by atoms with Crippen LogP contribution in [0, 0.1) is 0 Å². The molecule has 0 unspecified atom stereocenters. The first-order chi connectivity index (χ1) is 10.3. The highest BCUT2D eigenvalue weighted by atomic mass is 16.5. The Kier molecular flexibility index (Phi) is 9.51. The third-order valence-electron chi connectivity index (χ3n) is 3.51. The molecule has 0 aliphatic heterocycles. The molecular formula is C18H31NO2. The molecule has 0 heterocycles. The molecule has 21 heavy (non-hydrogen) atoms. The van der Waals surface area contributed by atoms with Crippen molar-refractivity contribution < 1.29 is 9.47 Å². The average molecular weight is 293 g/mol. The van der Waals surface area contributed by atoms with E-state index in [1.807, 2.05) is 18.2 Å². The SMILES string of the molecule is CCCCCCOc1cccc(N)c1OCCCCCC. The molecule has 1 aromatic carbocycles. The van der Waals surface area contributed by atoms with Crippen LogP contribution in [-0.2, 0) is 0 Å². The summed E-state index contributed by atoms with van der Waals surface area (Å²) in [6.45, 7) is 5.86. The monoisotopic (exact) mass is 293 g/mol. The number of rotatable bonds is 12. The topological polar surface area (TPSA) is 44.5 Å². The molecule has 0 aliphatic carbocycles. The molecule has 3 heteroatoms. The van der Waals surface area contributed by atoms with E-state index >= 15 is 0 Å². The molecule has 0 atom stereocenters. The quantitative estimate of drug-likeness (QED) is 0.426. The molecule has 0 radical (unpaired) electrons. The van der Waals surface area contributed by atoms with Crippen molar-refractivity contribution in [2.24, 2.45) is 0 Å². The van der Waals surface area contributed by atoms with Gasteiger partial charge in [0.05, 0.1) is 18.9 Å². The van der Waals surface area contributed by atoms with Crippen LogP contribution >= 0.6 is 0 Å². The maximum Gasteiger partial charge on any atom is 0.184 e. The van der Waals surface area contributed by atoms with Gasteiger partial charge in [-0.15, -0.1) is 0 Å². The summed E-state index contributed by atoms with van der Waals surface area (Å²) >= 11 is 0. The molecule has 0 spiro atoms. The summed E-state index contributed by atoms with van der Waals surface area (Å²) in [5.74, 6) is 1.49. The number of hydrogen-bond donors (Lipinski definition) is 1. The Balaban J connectivity index is 2.41. The minimum absolute atomic E-state index is 0.663. The molecule has 0 bridgehead atoms. The summed E-state index contributed by atoms with van der Waals surface area (Å²) in [6, 6.07) is 5.73. The third-order valence-corrected chi connectivity index (χ3v) is 3.51. The van der Waals surface area contributed by atoms with Crippen LogP contribution in [0.1, 0.15) is 65.2 Å². The molecular weight excluding hydrogens is 262 g/mol. The van der Waals surface area contributed by atoms with E-state index in [1.54, 1.807) is 0 Å². The summed E-state index contributed by atoms with van der Waals surface area (Å²) in [4.78, 5) is 0. The Morgan fingerprint density at radius 3 is 2.05 bits per heavy atom. The molecule has 0 fully saturated rings. The summed E-state index contributed by atoms with van der Waals surface area (Å²) in [5.41, 5.74) is 6.67. The van der Waals surface area contributed by atoms with E-state index in [-0.39, 0.29) is 0 Å². The number of hydrogen-bond acceptors (Lipinski definition) is 3. The largest absolute Gasteiger partial charge is 0.490 e. The molecule has 1 aromatic rings. The number of nitrogens with two attached hydrogens (primary N) is 1. The molecule has 1 rings (SSSR count). The number of nitrogen functional groups attached to an aromatic ring is 1.